The zero-order chi connectivity index (χ0) is 27.8. The van der Waals surface area contributed by atoms with Crippen molar-refractivity contribution in [2.75, 3.05) is 4.90 Å². The van der Waals surface area contributed by atoms with Crippen molar-refractivity contribution in [1.29, 1.82) is 0 Å². The minimum Gasteiger partial charge on any atom is -0.475 e. The maximum Gasteiger partial charge on any atom is 0.408 e. The molecule has 2 aliphatic heterocycles. The third-order valence-electron chi connectivity index (χ3n) is 6.99. The van der Waals surface area contributed by atoms with E-state index in [4.69, 9.17) is 16.3 Å². The molecule has 0 saturated carbocycles. The van der Waals surface area contributed by atoms with E-state index in [1.807, 2.05) is 5.32 Å². The number of nitrogens with one attached hydrogen (secondary N) is 2. The van der Waals surface area contributed by atoms with E-state index >= 15 is 0 Å². The number of carbonyl (C=O) groups is 2. The van der Waals surface area contributed by atoms with E-state index in [9.17, 15) is 27.2 Å². The summed E-state index contributed by atoms with van der Waals surface area (Å²) < 4.78 is 58.0. The Kier molecular flexibility index (Phi) is 7.79. The molecule has 2 bridgehead atoms. The van der Waals surface area contributed by atoms with Crippen LogP contribution in [0, 0.1) is 5.82 Å². The summed E-state index contributed by atoms with van der Waals surface area (Å²) in [6.07, 6.45) is -0.173. The zero-order valence-electron chi connectivity index (χ0n) is 21.1. The number of hydrogen-bond acceptors (Lipinski definition) is 5. The number of piperidine rings is 1. The molecule has 2 aliphatic rings. The number of anilines is 1. The molecule has 206 valence electrons. The van der Waals surface area contributed by atoms with Gasteiger partial charge in [0.25, 0.3) is 11.8 Å². The minimum atomic E-state index is -4.53. The molecule has 2 amide bonds. The topological polar surface area (TPSA) is 83.6 Å². The first-order chi connectivity index (χ1) is 17.7. The van der Waals surface area contributed by atoms with Crippen LogP contribution in [0.2, 0.25) is 5.02 Å². The highest BCUT2D eigenvalue weighted by molar-refractivity contribution is 6.30. The molecule has 2 fully saturated rings. The van der Waals surface area contributed by atoms with Crippen LogP contribution in [0.15, 0.2) is 36.5 Å². The van der Waals surface area contributed by atoms with Crippen LogP contribution in [0.3, 0.4) is 0 Å². The molecule has 3 heterocycles. The number of ether oxygens (including phenoxy) is 1. The Hall–Kier alpha value is -3.08. The largest absolute Gasteiger partial charge is 0.475 e. The van der Waals surface area contributed by atoms with Crippen molar-refractivity contribution >= 4 is 29.2 Å². The first-order valence-corrected chi connectivity index (χ1v) is 12.7. The molecule has 2 saturated heterocycles. The van der Waals surface area contributed by atoms with Crippen molar-refractivity contribution in [3.8, 4) is 5.75 Å². The quantitative estimate of drug-likeness (QED) is 0.468. The summed E-state index contributed by atoms with van der Waals surface area (Å²) in [6, 6.07) is 5.17. The van der Waals surface area contributed by atoms with Crippen LogP contribution >= 0.6 is 11.6 Å². The number of pyridine rings is 1. The van der Waals surface area contributed by atoms with Crippen LogP contribution in [-0.2, 0) is 4.79 Å². The van der Waals surface area contributed by atoms with Gasteiger partial charge in [0.05, 0.1) is 5.56 Å². The van der Waals surface area contributed by atoms with Gasteiger partial charge in [0, 0.05) is 29.3 Å². The number of aromatic nitrogens is 1. The number of alkyl halides is 3. The van der Waals surface area contributed by atoms with Gasteiger partial charge in [-0.2, -0.15) is 13.2 Å². The van der Waals surface area contributed by atoms with Crippen molar-refractivity contribution in [3.05, 3.63) is 52.9 Å². The lowest BCUT2D eigenvalue weighted by molar-refractivity contribution is -0.149. The Labute approximate surface area is 222 Å². The van der Waals surface area contributed by atoms with Gasteiger partial charge >= 0.3 is 6.18 Å². The van der Waals surface area contributed by atoms with Crippen LogP contribution in [0.4, 0.5) is 23.4 Å². The number of fused-ring (bicyclic) bond motifs is 2. The maximum atomic E-state index is 14.2. The molecule has 12 heteroatoms. The smallest absolute Gasteiger partial charge is 0.408 e. The SMILES string of the molecule is C[C@H](NC(=O)c1ccc(N2[C@@H]3CC[C@H]2C[C@@H](NC(=O)C(C)(C)Oc2ccc(Cl)cc2F)C3)nc1)C(F)(F)F. The predicted molar refractivity (Wildman–Crippen MR) is 134 cm³/mol. The third-order valence-corrected chi connectivity index (χ3v) is 7.22. The molecule has 2 aromatic rings. The number of hydrogen-bond donors (Lipinski definition) is 2. The summed E-state index contributed by atoms with van der Waals surface area (Å²) >= 11 is 5.78. The van der Waals surface area contributed by atoms with Gasteiger partial charge < -0.3 is 20.3 Å². The van der Waals surface area contributed by atoms with Gasteiger partial charge in [0.2, 0.25) is 0 Å². The van der Waals surface area contributed by atoms with Gasteiger partial charge in [-0.3, -0.25) is 9.59 Å². The van der Waals surface area contributed by atoms with Gasteiger partial charge in [-0.25, -0.2) is 9.37 Å². The minimum absolute atomic E-state index is 0.0405. The molecule has 0 radical (unpaired) electrons. The molecule has 0 unspecified atom stereocenters. The first kappa shape index (κ1) is 27.9. The Balaban J connectivity index is 1.36. The summed E-state index contributed by atoms with van der Waals surface area (Å²) in [5.74, 6) is -1.31. The number of nitrogens with zero attached hydrogens (tertiary/aromatic N) is 2. The second-order valence-corrected chi connectivity index (χ2v) is 10.7. The Morgan fingerprint density at radius 1 is 1.13 bits per heavy atom. The summed E-state index contributed by atoms with van der Waals surface area (Å²) in [7, 11) is 0. The molecule has 0 aliphatic carbocycles. The molecule has 1 aromatic carbocycles. The lowest BCUT2D eigenvalue weighted by Gasteiger charge is -2.40. The molecular weight excluding hydrogens is 528 g/mol. The summed E-state index contributed by atoms with van der Waals surface area (Å²) in [5, 5.41) is 5.19. The zero-order valence-corrected chi connectivity index (χ0v) is 21.9. The highest BCUT2D eigenvalue weighted by Crippen LogP contribution is 2.39. The van der Waals surface area contributed by atoms with Gasteiger partial charge in [-0.05, 0) is 76.8 Å². The Morgan fingerprint density at radius 2 is 1.79 bits per heavy atom. The van der Waals surface area contributed by atoms with Crippen molar-refractivity contribution < 1.29 is 31.9 Å². The van der Waals surface area contributed by atoms with E-state index < -0.39 is 29.5 Å². The predicted octanol–water partition coefficient (Wildman–Crippen LogP) is 5.03. The molecule has 1 aromatic heterocycles. The fourth-order valence-electron chi connectivity index (χ4n) is 4.94. The van der Waals surface area contributed by atoms with Gasteiger partial charge in [0.1, 0.15) is 11.9 Å². The van der Waals surface area contributed by atoms with E-state index in [1.54, 1.807) is 19.9 Å². The third kappa shape index (κ3) is 6.14. The van der Waals surface area contributed by atoms with Crippen molar-refractivity contribution in [2.24, 2.45) is 0 Å². The monoisotopic (exact) mass is 556 g/mol. The highest BCUT2D eigenvalue weighted by atomic mass is 35.5. The average Bonchev–Trinajstić information content (AvgIpc) is 3.10. The van der Waals surface area contributed by atoms with Crippen LogP contribution in [0.1, 0.15) is 56.8 Å². The molecule has 4 rings (SSSR count). The van der Waals surface area contributed by atoms with Crippen molar-refractivity contribution in [3.63, 3.8) is 0 Å². The normalized spacial score (nSPS) is 22.1. The van der Waals surface area contributed by atoms with Crippen LogP contribution in [0.25, 0.3) is 0 Å². The number of halogens is 5. The maximum absolute atomic E-state index is 14.2. The number of rotatable bonds is 7. The van der Waals surface area contributed by atoms with E-state index in [2.05, 4.69) is 15.2 Å². The standard InChI is InChI=1S/C26H29ClF4N4O3/c1-14(26(29,30)31)33-23(36)15-4-9-22(32-13-15)35-18-6-7-19(35)12-17(11-18)34-24(37)25(2,3)38-21-8-5-16(27)10-20(21)28/h4-5,8-10,13-14,17-19H,6-7,11-12H2,1-3H3,(H,33,36)(H,34,37)/t14-,17-,18+,19-/m0/s1. The first-order valence-electron chi connectivity index (χ1n) is 12.3. The average molecular weight is 557 g/mol. The van der Waals surface area contributed by atoms with Crippen LogP contribution in [-0.4, -0.2) is 52.7 Å². The van der Waals surface area contributed by atoms with Crippen LogP contribution < -0.4 is 20.3 Å². The molecule has 2 N–H and O–H groups in total. The molecule has 0 spiro atoms. The van der Waals surface area contributed by atoms with Gasteiger partial charge in [-0.15, -0.1) is 0 Å². The van der Waals surface area contributed by atoms with E-state index in [-0.39, 0.29) is 40.4 Å². The second-order valence-electron chi connectivity index (χ2n) is 10.3. The van der Waals surface area contributed by atoms with Crippen molar-refractivity contribution in [2.45, 2.75) is 82.4 Å². The van der Waals surface area contributed by atoms with E-state index in [1.165, 1.54) is 24.4 Å². The van der Waals surface area contributed by atoms with E-state index in [0.717, 1.165) is 25.8 Å². The Morgan fingerprint density at radius 3 is 2.34 bits per heavy atom. The molecule has 38 heavy (non-hydrogen) atoms. The molecule has 7 nitrogen and oxygen atoms in total. The fourth-order valence-corrected chi connectivity index (χ4v) is 5.10. The van der Waals surface area contributed by atoms with E-state index in [0.29, 0.717) is 18.7 Å². The number of benzene rings is 1. The van der Waals surface area contributed by atoms with Crippen LogP contribution in [0.5, 0.6) is 5.75 Å². The summed E-state index contributed by atoms with van der Waals surface area (Å²) in [4.78, 5) is 31.7. The van der Waals surface area contributed by atoms with Crippen molar-refractivity contribution in [1.82, 2.24) is 15.6 Å². The highest BCUT2D eigenvalue weighted by Gasteiger charge is 2.43. The van der Waals surface area contributed by atoms with Gasteiger partial charge in [0.15, 0.2) is 17.2 Å². The lowest BCUT2D eigenvalue weighted by Crippen LogP contribution is -2.55. The fraction of sp³-hybridized carbons (Fsp3) is 0.500. The molecule has 4 atom stereocenters. The summed E-state index contributed by atoms with van der Waals surface area (Å²) in [5.41, 5.74) is -1.29. The number of carbonyl (C=O) groups excluding carboxylic acids is 2. The van der Waals surface area contributed by atoms with Gasteiger partial charge in [-0.1, -0.05) is 11.6 Å². The second kappa shape index (κ2) is 10.6. The molecular formula is C26H29ClF4N4O3. The Bertz CT molecular complexity index is 1180. The summed E-state index contributed by atoms with van der Waals surface area (Å²) in [6.45, 7) is 4.01. The lowest BCUT2D eigenvalue weighted by atomic mass is 9.96. The number of amides is 2.